The number of halogens is 3. The van der Waals surface area contributed by atoms with Crippen molar-refractivity contribution in [2.24, 2.45) is 0 Å². The van der Waals surface area contributed by atoms with Gasteiger partial charge < -0.3 is 10.2 Å². The molecule has 1 atom stereocenters. The molecule has 2 aromatic carbocycles. The van der Waals surface area contributed by atoms with E-state index in [1.165, 1.54) is 24.3 Å². The lowest BCUT2D eigenvalue weighted by molar-refractivity contribution is -0.121. The lowest BCUT2D eigenvalue weighted by atomic mass is 10.1. The van der Waals surface area contributed by atoms with Gasteiger partial charge in [0, 0.05) is 36.9 Å². The van der Waals surface area contributed by atoms with Crippen LogP contribution in [-0.2, 0) is 4.79 Å². The number of carbonyl (C=O) groups is 2. The van der Waals surface area contributed by atoms with E-state index < -0.39 is 17.8 Å². The van der Waals surface area contributed by atoms with Gasteiger partial charge in [0.15, 0.2) is 0 Å². The van der Waals surface area contributed by atoms with Gasteiger partial charge in [0.25, 0.3) is 5.91 Å². The number of hydrogen-bond acceptors (Lipinski definition) is 3. The Hall–Kier alpha value is -2.51. The Morgan fingerprint density at radius 1 is 1.03 bits per heavy atom. The third-order valence-corrected chi connectivity index (χ3v) is 5.36. The zero-order chi connectivity index (χ0) is 21.1. The Bertz CT molecular complexity index is 930. The number of carbonyl (C=O) groups excluding carboxylic acids is 2. The molecule has 1 unspecified atom stereocenters. The van der Waals surface area contributed by atoms with Crippen LogP contribution in [-0.4, -0.2) is 53.8 Å². The summed E-state index contributed by atoms with van der Waals surface area (Å²) in [5, 5.41) is 3.01. The van der Waals surface area contributed by atoms with Crippen LogP contribution in [0.4, 0.5) is 14.5 Å². The number of anilines is 1. The second-order valence-corrected chi connectivity index (χ2v) is 7.52. The summed E-state index contributed by atoms with van der Waals surface area (Å²) >= 11 is 5.87. The van der Waals surface area contributed by atoms with Crippen molar-refractivity contribution in [3.63, 3.8) is 0 Å². The fraction of sp³-hybridized carbons (Fsp3) is 0.333. The lowest BCUT2D eigenvalue weighted by Crippen LogP contribution is -2.54. The topological polar surface area (TPSA) is 52.7 Å². The number of hydrogen-bond donors (Lipinski definition) is 1. The standard InChI is InChI=1S/C21H22ClF2N3O2/c1-13-3-5-16(12-19(13)24)25-20(28)14(2)26-7-9-27(10-8-26)21(29)17-11-15(22)4-6-18(17)23/h3-6,11-12,14H,7-10H2,1-2H3,(H,25,28). The molecule has 3 rings (SSSR count). The molecule has 0 radical (unpaired) electrons. The van der Waals surface area contributed by atoms with Crippen molar-refractivity contribution in [2.45, 2.75) is 19.9 Å². The Kier molecular flexibility index (Phi) is 6.49. The summed E-state index contributed by atoms with van der Waals surface area (Å²) in [5.41, 5.74) is 0.848. The second kappa shape index (κ2) is 8.88. The van der Waals surface area contributed by atoms with Gasteiger partial charge in [0.1, 0.15) is 11.6 Å². The van der Waals surface area contributed by atoms with E-state index in [1.807, 2.05) is 4.90 Å². The van der Waals surface area contributed by atoms with Crippen molar-refractivity contribution in [1.29, 1.82) is 0 Å². The number of amides is 2. The van der Waals surface area contributed by atoms with Crippen LogP contribution in [0.15, 0.2) is 36.4 Å². The molecule has 1 saturated heterocycles. The van der Waals surface area contributed by atoms with Crippen molar-refractivity contribution in [1.82, 2.24) is 9.80 Å². The summed E-state index contributed by atoms with van der Waals surface area (Å²) in [6, 6.07) is 7.98. The fourth-order valence-electron chi connectivity index (χ4n) is 3.23. The summed E-state index contributed by atoms with van der Waals surface area (Å²) in [6.45, 7) is 5.06. The van der Waals surface area contributed by atoms with Gasteiger partial charge in [0.05, 0.1) is 11.6 Å². The molecule has 0 aliphatic carbocycles. The summed E-state index contributed by atoms with van der Waals surface area (Å²) in [5.74, 6) is -1.67. The quantitative estimate of drug-likeness (QED) is 0.818. The number of piperazine rings is 1. The molecule has 1 aliphatic heterocycles. The second-order valence-electron chi connectivity index (χ2n) is 7.08. The number of nitrogens with zero attached hydrogens (tertiary/aromatic N) is 2. The molecule has 2 amide bonds. The van der Waals surface area contributed by atoms with E-state index >= 15 is 0 Å². The van der Waals surface area contributed by atoms with E-state index in [0.29, 0.717) is 42.5 Å². The SMILES string of the molecule is Cc1ccc(NC(=O)C(C)N2CCN(C(=O)c3cc(Cl)ccc3F)CC2)cc1F. The molecular weight excluding hydrogens is 400 g/mol. The van der Waals surface area contributed by atoms with Gasteiger partial charge in [-0.2, -0.15) is 0 Å². The van der Waals surface area contributed by atoms with E-state index in [4.69, 9.17) is 11.6 Å². The fourth-order valence-corrected chi connectivity index (χ4v) is 3.40. The van der Waals surface area contributed by atoms with Gasteiger partial charge in [-0.3, -0.25) is 14.5 Å². The van der Waals surface area contributed by atoms with Crippen LogP contribution >= 0.6 is 11.6 Å². The monoisotopic (exact) mass is 421 g/mol. The molecule has 154 valence electrons. The smallest absolute Gasteiger partial charge is 0.256 e. The summed E-state index contributed by atoms with van der Waals surface area (Å²) in [6.07, 6.45) is 0. The van der Waals surface area contributed by atoms with Crippen LogP contribution in [0.5, 0.6) is 0 Å². The lowest BCUT2D eigenvalue weighted by Gasteiger charge is -2.37. The van der Waals surface area contributed by atoms with Crippen molar-refractivity contribution in [2.75, 3.05) is 31.5 Å². The van der Waals surface area contributed by atoms with Crippen LogP contribution in [0.1, 0.15) is 22.8 Å². The molecule has 0 saturated carbocycles. The van der Waals surface area contributed by atoms with Crippen molar-refractivity contribution in [3.8, 4) is 0 Å². The summed E-state index contributed by atoms with van der Waals surface area (Å²) < 4.78 is 27.6. The summed E-state index contributed by atoms with van der Waals surface area (Å²) in [4.78, 5) is 28.6. The first kappa shape index (κ1) is 21.2. The maximum Gasteiger partial charge on any atom is 0.256 e. The van der Waals surface area contributed by atoms with Gasteiger partial charge in [-0.05, 0) is 49.7 Å². The molecule has 1 aliphatic rings. The van der Waals surface area contributed by atoms with Crippen LogP contribution in [0.3, 0.4) is 0 Å². The number of aryl methyl sites for hydroxylation is 1. The van der Waals surface area contributed by atoms with Gasteiger partial charge in [0.2, 0.25) is 5.91 Å². The maximum absolute atomic E-state index is 13.9. The highest BCUT2D eigenvalue weighted by Gasteiger charge is 2.29. The molecule has 8 heteroatoms. The minimum absolute atomic E-state index is 0.0573. The Balaban J connectivity index is 1.58. The van der Waals surface area contributed by atoms with Crippen molar-refractivity contribution in [3.05, 3.63) is 64.2 Å². The molecule has 0 spiro atoms. The third-order valence-electron chi connectivity index (χ3n) is 5.13. The van der Waals surface area contributed by atoms with Crippen molar-refractivity contribution >= 4 is 29.1 Å². The Morgan fingerprint density at radius 2 is 1.72 bits per heavy atom. The van der Waals surface area contributed by atoms with E-state index in [9.17, 15) is 18.4 Å². The number of nitrogens with one attached hydrogen (secondary N) is 1. The first-order valence-corrected chi connectivity index (χ1v) is 9.69. The molecule has 1 fully saturated rings. The van der Waals surface area contributed by atoms with E-state index in [-0.39, 0.29) is 17.3 Å². The molecule has 5 nitrogen and oxygen atoms in total. The zero-order valence-corrected chi connectivity index (χ0v) is 17.0. The molecule has 1 heterocycles. The van der Waals surface area contributed by atoms with E-state index in [1.54, 1.807) is 30.9 Å². The summed E-state index contributed by atoms with van der Waals surface area (Å²) in [7, 11) is 0. The van der Waals surface area contributed by atoms with Crippen molar-refractivity contribution < 1.29 is 18.4 Å². The van der Waals surface area contributed by atoms with Crippen LogP contribution in [0.2, 0.25) is 5.02 Å². The maximum atomic E-state index is 13.9. The zero-order valence-electron chi connectivity index (χ0n) is 16.2. The number of rotatable bonds is 4. The molecule has 1 N–H and O–H groups in total. The van der Waals surface area contributed by atoms with E-state index in [2.05, 4.69) is 5.32 Å². The highest BCUT2D eigenvalue weighted by Crippen LogP contribution is 2.19. The predicted octanol–water partition coefficient (Wildman–Crippen LogP) is 3.71. The average molecular weight is 422 g/mol. The van der Waals surface area contributed by atoms with Gasteiger partial charge >= 0.3 is 0 Å². The first-order chi connectivity index (χ1) is 13.8. The molecule has 29 heavy (non-hydrogen) atoms. The largest absolute Gasteiger partial charge is 0.336 e. The van der Waals surface area contributed by atoms with Crippen LogP contribution in [0.25, 0.3) is 0 Å². The normalized spacial score (nSPS) is 15.8. The predicted molar refractivity (Wildman–Crippen MR) is 108 cm³/mol. The molecule has 2 aromatic rings. The van der Waals surface area contributed by atoms with Gasteiger partial charge in [-0.25, -0.2) is 8.78 Å². The minimum Gasteiger partial charge on any atom is -0.336 e. The van der Waals surface area contributed by atoms with Gasteiger partial charge in [-0.1, -0.05) is 17.7 Å². The first-order valence-electron chi connectivity index (χ1n) is 9.31. The number of benzene rings is 2. The van der Waals surface area contributed by atoms with Gasteiger partial charge in [-0.15, -0.1) is 0 Å². The third kappa shape index (κ3) is 4.92. The average Bonchev–Trinajstić information content (AvgIpc) is 2.71. The Morgan fingerprint density at radius 3 is 2.38 bits per heavy atom. The van der Waals surface area contributed by atoms with Crippen LogP contribution < -0.4 is 5.32 Å². The van der Waals surface area contributed by atoms with E-state index in [0.717, 1.165) is 0 Å². The Labute approximate surface area is 173 Å². The highest BCUT2D eigenvalue weighted by molar-refractivity contribution is 6.31. The molecular formula is C21H22ClF2N3O2. The highest BCUT2D eigenvalue weighted by atomic mass is 35.5. The molecule has 0 bridgehead atoms. The molecule has 0 aromatic heterocycles. The van der Waals surface area contributed by atoms with Crippen LogP contribution in [0, 0.1) is 18.6 Å². The minimum atomic E-state index is -0.611.